The largest absolute Gasteiger partial charge is 0.376 e. The molecule has 0 spiro atoms. The average molecular weight is 213 g/mol. The molecule has 1 heterocycles. The Morgan fingerprint density at radius 2 is 2.00 bits per heavy atom. The lowest BCUT2D eigenvalue weighted by Crippen LogP contribution is -2.42. The molecule has 0 radical (unpaired) electrons. The molecule has 0 bridgehead atoms. The van der Waals surface area contributed by atoms with E-state index in [-0.39, 0.29) is 5.60 Å². The molecular formula is C13H27NO. The van der Waals surface area contributed by atoms with E-state index >= 15 is 0 Å². The molecule has 1 aliphatic rings. The average Bonchev–Trinajstić information content (AvgIpc) is 2.14. The van der Waals surface area contributed by atoms with Crippen molar-refractivity contribution in [2.24, 2.45) is 11.1 Å². The van der Waals surface area contributed by atoms with Crippen molar-refractivity contribution in [1.29, 1.82) is 0 Å². The van der Waals surface area contributed by atoms with Crippen LogP contribution in [-0.2, 0) is 4.74 Å². The minimum absolute atomic E-state index is 0.0567. The predicted octanol–water partition coefficient (Wildman–Crippen LogP) is 3.10. The van der Waals surface area contributed by atoms with Crippen LogP contribution in [0.15, 0.2) is 0 Å². The Morgan fingerprint density at radius 1 is 1.27 bits per heavy atom. The van der Waals surface area contributed by atoms with Gasteiger partial charge in [-0.25, -0.2) is 0 Å². The Labute approximate surface area is 94.6 Å². The smallest absolute Gasteiger partial charge is 0.0631 e. The highest BCUT2D eigenvalue weighted by molar-refractivity contribution is 4.90. The molecule has 1 rings (SSSR count). The second-order valence-corrected chi connectivity index (χ2v) is 5.68. The zero-order valence-electron chi connectivity index (χ0n) is 10.6. The fourth-order valence-corrected chi connectivity index (χ4v) is 3.00. The Morgan fingerprint density at radius 3 is 2.53 bits per heavy atom. The first-order chi connectivity index (χ1) is 7.04. The van der Waals surface area contributed by atoms with Crippen LogP contribution in [0.1, 0.15) is 59.3 Å². The van der Waals surface area contributed by atoms with Crippen LogP contribution in [0.3, 0.4) is 0 Å². The SMILES string of the molecule is CCCC[C@@]1(CCN)CCOC(C)(C)C1. The minimum atomic E-state index is 0.0567. The van der Waals surface area contributed by atoms with E-state index in [1.807, 2.05) is 0 Å². The van der Waals surface area contributed by atoms with E-state index < -0.39 is 0 Å². The topological polar surface area (TPSA) is 35.2 Å². The highest BCUT2D eigenvalue weighted by atomic mass is 16.5. The van der Waals surface area contributed by atoms with E-state index in [9.17, 15) is 0 Å². The first kappa shape index (κ1) is 13.0. The van der Waals surface area contributed by atoms with Crippen molar-refractivity contribution in [2.75, 3.05) is 13.2 Å². The van der Waals surface area contributed by atoms with Gasteiger partial charge in [-0.15, -0.1) is 0 Å². The lowest BCUT2D eigenvalue weighted by molar-refractivity contribution is -0.109. The molecule has 0 unspecified atom stereocenters. The summed E-state index contributed by atoms with van der Waals surface area (Å²) in [5.74, 6) is 0. The number of hydrogen-bond acceptors (Lipinski definition) is 2. The first-order valence-electron chi connectivity index (χ1n) is 6.38. The highest BCUT2D eigenvalue weighted by Gasteiger charge is 2.39. The van der Waals surface area contributed by atoms with Gasteiger partial charge >= 0.3 is 0 Å². The molecule has 0 aliphatic carbocycles. The zero-order valence-corrected chi connectivity index (χ0v) is 10.6. The van der Waals surface area contributed by atoms with E-state index in [0.717, 1.165) is 13.2 Å². The van der Waals surface area contributed by atoms with Gasteiger partial charge in [0.1, 0.15) is 0 Å². The van der Waals surface area contributed by atoms with Crippen molar-refractivity contribution < 1.29 is 4.74 Å². The fraction of sp³-hybridized carbons (Fsp3) is 1.00. The molecule has 1 saturated heterocycles. The van der Waals surface area contributed by atoms with Gasteiger partial charge in [-0.05, 0) is 51.5 Å². The van der Waals surface area contributed by atoms with Crippen LogP contribution in [0.5, 0.6) is 0 Å². The summed E-state index contributed by atoms with van der Waals surface area (Å²) in [6.45, 7) is 8.42. The molecule has 0 aromatic heterocycles. The van der Waals surface area contributed by atoms with Crippen LogP contribution in [-0.4, -0.2) is 18.8 Å². The predicted molar refractivity (Wildman–Crippen MR) is 64.9 cm³/mol. The molecule has 2 heteroatoms. The van der Waals surface area contributed by atoms with Gasteiger partial charge in [0.05, 0.1) is 5.60 Å². The van der Waals surface area contributed by atoms with Gasteiger partial charge in [-0.2, -0.15) is 0 Å². The van der Waals surface area contributed by atoms with Crippen LogP contribution in [0.2, 0.25) is 0 Å². The van der Waals surface area contributed by atoms with Crippen molar-refractivity contribution in [3.05, 3.63) is 0 Å². The molecular weight excluding hydrogens is 186 g/mol. The van der Waals surface area contributed by atoms with Gasteiger partial charge in [0, 0.05) is 6.61 Å². The molecule has 1 fully saturated rings. The molecule has 0 aromatic carbocycles. The molecule has 0 aromatic rings. The van der Waals surface area contributed by atoms with Crippen molar-refractivity contribution >= 4 is 0 Å². The molecule has 1 atom stereocenters. The van der Waals surface area contributed by atoms with Gasteiger partial charge in [-0.1, -0.05) is 19.8 Å². The molecule has 1 aliphatic heterocycles. The Hall–Kier alpha value is -0.0800. The zero-order chi connectivity index (χ0) is 11.4. The van der Waals surface area contributed by atoms with Gasteiger partial charge in [0.2, 0.25) is 0 Å². The Balaban J connectivity index is 2.62. The maximum atomic E-state index is 5.81. The van der Waals surface area contributed by atoms with E-state index in [1.165, 1.54) is 38.5 Å². The van der Waals surface area contributed by atoms with E-state index in [1.54, 1.807) is 0 Å². The number of nitrogens with two attached hydrogens (primary N) is 1. The Bertz CT molecular complexity index is 187. The van der Waals surface area contributed by atoms with E-state index in [2.05, 4.69) is 20.8 Å². The lowest BCUT2D eigenvalue weighted by Gasteiger charge is -2.45. The second kappa shape index (κ2) is 5.31. The number of rotatable bonds is 5. The summed E-state index contributed by atoms with van der Waals surface area (Å²) in [4.78, 5) is 0. The number of ether oxygens (including phenoxy) is 1. The summed E-state index contributed by atoms with van der Waals surface area (Å²) in [6.07, 6.45) is 7.49. The van der Waals surface area contributed by atoms with Gasteiger partial charge in [0.15, 0.2) is 0 Å². The summed E-state index contributed by atoms with van der Waals surface area (Å²) < 4.78 is 5.81. The third kappa shape index (κ3) is 3.76. The van der Waals surface area contributed by atoms with Crippen LogP contribution >= 0.6 is 0 Å². The van der Waals surface area contributed by atoms with Crippen LogP contribution in [0.25, 0.3) is 0 Å². The summed E-state index contributed by atoms with van der Waals surface area (Å²) in [5.41, 5.74) is 6.29. The maximum Gasteiger partial charge on any atom is 0.0631 e. The standard InChI is InChI=1S/C13H27NO/c1-4-5-6-13(7-9-14)8-10-15-12(2,3)11-13/h4-11,14H2,1-3H3/t13-/m1/s1. The molecule has 90 valence electrons. The summed E-state index contributed by atoms with van der Waals surface area (Å²) >= 11 is 0. The monoisotopic (exact) mass is 213 g/mol. The normalized spacial score (nSPS) is 30.4. The lowest BCUT2D eigenvalue weighted by atomic mass is 9.69. The van der Waals surface area contributed by atoms with Crippen LogP contribution in [0, 0.1) is 5.41 Å². The van der Waals surface area contributed by atoms with Crippen molar-refractivity contribution in [2.45, 2.75) is 64.9 Å². The highest BCUT2D eigenvalue weighted by Crippen LogP contribution is 2.44. The van der Waals surface area contributed by atoms with Crippen molar-refractivity contribution in [3.63, 3.8) is 0 Å². The van der Waals surface area contributed by atoms with Gasteiger partial charge in [-0.3, -0.25) is 0 Å². The number of hydrogen-bond donors (Lipinski definition) is 1. The quantitative estimate of drug-likeness (QED) is 0.761. The van der Waals surface area contributed by atoms with E-state index in [0.29, 0.717) is 5.41 Å². The second-order valence-electron chi connectivity index (χ2n) is 5.68. The minimum Gasteiger partial charge on any atom is -0.376 e. The first-order valence-corrected chi connectivity index (χ1v) is 6.38. The molecule has 0 saturated carbocycles. The summed E-state index contributed by atoms with van der Waals surface area (Å²) in [5, 5.41) is 0. The van der Waals surface area contributed by atoms with Crippen LogP contribution < -0.4 is 5.73 Å². The van der Waals surface area contributed by atoms with Gasteiger partial charge in [0.25, 0.3) is 0 Å². The van der Waals surface area contributed by atoms with Crippen LogP contribution in [0.4, 0.5) is 0 Å². The third-order valence-corrected chi connectivity index (χ3v) is 3.66. The van der Waals surface area contributed by atoms with E-state index in [4.69, 9.17) is 10.5 Å². The summed E-state index contributed by atoms with van der Waals surface area (Å²) in [6, 6.07) is 0. The molecule has 0 amide bonds. The fourth-order valence-electron chi connectivity index (χ4n) is 3.00. The Kier molecular flexibility index (Phi) is 4.60. The number of unbranched alkanes of at least 4 members (excludes halogenated alkanes) is 1. The molecule has 2 nitrogen and oxygen atoms in total. The van der Waals surface area contributed by atoms with Gasteiger partial charge < -0.3 is 10.5 Å². The maximum absolute atomic E-state index is 5.81. The molecule has 15 heavy (non-hydrogen) atoms. The van der Waals surface area contributed by atoms with Crippen molar-refractivity contribution in [3.8, 4) is 0 Å². The third-order valence-electron chi connectivity index (χ3n) is 3.66. The molecule has 2 N–H and O–H groups in total. The van der Waals surface area contributed by atoms with Crippen molar-refractivity contribution in [1.82, 2.24) is 0 Å². The summed E-state index contributed by atoms with van der Waals surface area (Å²) in [7, 11) is 0.